The van der Waals surface area contributed by atoms with E-state index in [1.54, 1.807) is 6.07 Å². The Labute approximate surface area is 227 Å². The molecule has 38 heavy (non-hydrogen) atoms. The number of anilines is 1. The molecule has 2 aliphatic heterocycles. The van der Waals surface area contributed by atoms with Crippen molar-refractivity contribution in [2.45, 2.75) is 78.2 Å². The first-order valence-electron chi connectivity index (χ1n) is 14.8. The molecule has 6 rings (SSSR count). The van der Waals surface area contributed by atoms with Gasteiger partial charge in [0.05, 0.1) is 11.3 Å². The van der Waals surface area contributed by atoms with Gasteiger partial charge in [0, 0.05) is 54.9 Å². The van der Waals surface area contributed by atoms with Gasteiger partial charge in [-0.3, -0.25) is 0 Å². The maximum Gasteiger partial charge on any atom is 0.335 e. The van der Waals surface area contributed by atoms with E-state index >= 15 is 0 Å². The summed E-state index contributed by atoms with van der Waals surface area (Å²) in [5.41, 5.74) is 8.63. The fourth-order valence-corrected chi connectivity index (χ4v) is 7.51. The molecule has 2 aromatic carbocycles. The topological polar surface area (TPSA) is 48.7 Å². The predicted octanol–water partition coefficient (Wildman–Crippen LogP) is 7.30. The molecule has 3 aliphatic rings. The average Bonchev–Trinajstić information content (AvgIpc) is 3.13. The van der Waals surface area contributed by atoms with Crippen LogP contribution in [0.5, 0.6) is 0 Å². The van der Waals surface area contributed by atoms with E-state index in [-0.39, 0.29) is 0 Å². The number of aromatic carboxylic acids is 1. The third-order valence-corrected chi connectivity index (χ3v) is 9.37. The second kappa shape index (κ2) is 10.1. The molecule has 3 aromatic rings. The highest BCUT2D eigenvalue weighted by atomic mass is 16.4. The fourth-order valence-electron chi connectivity index (χ4n) is 7.51. The van der Waals surface area contributed by atoms with Crippen molar-refractivity contribution in [3.8, 4) is 11.3 Å². The first kappa shape index (κ1) is 25.5. The summed E-state index contributed by atoms with van der Waals surface area (Å²) in [6.07, 6.45) is 8.94. The van der Waals surface area contributed by atoms with Crippen LogP contribution in [-0.2, 0) is 6.54 Å². The first-order valence-corrected chi connectivity index (χ1v) is 14.8. The predicted molar refractivity (Wildman–Crippen MR) is 157 cm³/mol. The number of aryl methyl sites for hydroxylation is 1. The lowest BCUT2D eigenvalue weighted by atomic mass is 9.81. The largest absolute Gasteiger partial charge is 0.478 e. The third-order valence-electron chi connectivity index (χ3n) is 9.37. The Balaban J connectivity index is 1.44. The second-order valence-corrected chi connectivity index (χ2v) is 12.8. The Kier molecular flexibility index (Phi) is 6.75. The van der Waals surface area contributed by atoms with Crippen molar-refractivity contribution >= 4 is 22.6 Å². The summed E-state index contributed by atoms with van der Waals surface area (Å²) in [6, 6.07) is 12.8. The number of aromatic nitrogens is 1. The van der Waals surface area contributed by atoms with Crippen molar-refractivity contribution in [1.82, 2.24) is 9.47 Å². The molecule has 1 aliphatic carbocycles. The molecule has 0 spiro atoms. The number of hydrogen-bond donors (Lipinski definition) is 1. The molecule has 0 radical (unpaired) electrons. The minimum absolute atomic E-state index is 0.380. The fraction of sp³-hybridized carbons (Fsp3) is 0.545. The number of benzene rings is 2. The van der Waals surface area contributed by atoms with Crippen LogP contribution in [0, 0.1) is 12.3 Å². The Morgan fingerprint density at radius 1 is 0.974 bits per heavy atom. The summed E-state index contributed by atoms with van der Waals surface area (Å²) >= 11 is 0. The first-order chi connectivity index (χ1) is 18.3. The molecule has 2 fully saturated rings. The molecule has 202 valence electrons. The maximum absolute atomic E-state index is 11.9. The summed E-state index contributed by atoms with van der Waals surface area (Å²) in [5, 5.41) is 11.1. The number of carboxylic acids is 1. The summed E-state index contributed by atoms with van der Waals surface area (Å²) < 4.78 is 2.46. The molecular formula is C33H43N3O2. The van der Waals surface area contributed by atoms with Gasteiger partial charge in [-0.15, -0.1) is 0 Å². The van der Waals surface area contributed by atoms with E-state index in [0.29, 0.717) is 16.9 Å². The van der Waals surface area contributed by atoms with Crippen molar-refractivity contribution < 1.29 is 9.90 Å². The molecule has 1 saturated carbocycles. The van der Waals surface area contributed by atoms with Crippen LogP contribution in [-0.4, -0.2) is 53.3 Å². The van der Waals surface area contributed by atoms with Gasteiger partial charge in [0.1, 0.15) is 0 Å². The van der Waals surface area contributed by atoms with Crippen LogP contribution in [0.3, 0.4) is 0 Å². The van der Waals surface area contributed by atoms with Gasteiger partial charge in [-0.25, -0.2) is 4.79 Å². The summed E-state index contributed by atoms with van der Waals surface area (Å²) in [7, 11) is 0. The Hall–Kier alpha value is -2.79. The van der Waals surface area contributed by atoms with Crippen LogP contribution in [0.2, 0.25) is 0 Å². The van der Waals surface area contributed by atoms with E-state index in [0.717, 1.165) is 31.7 Å². The lowest BCUT2D eigenvalue weighted by Crippen LogP contribution is -2.44. The van der Waals surface area contributed by atoms with Crippen LogP contribution < -0.4 is 4.90 Å². The van der Waals surface area contributed by atoms with Gasteiger partial charge in [0.25, 0.3) is 0 Å². The van der Waals surface area contributed by atoms with Gasteiger partial charge < -0.3 is 19.5 Å². The minimum Gasteiger partial charge on any atom is -0.478 e. The van der Waals surface area contributed by atoms with Gasteiger partial charge in [0.15, 0.2) is 0 Å². The number of fused-ring (bicyclic) bond motifs is 5. The normalized spacial score (nSPS) is 20.2. The minimum atomic E-state index is -0.850. The van der Waals surface area contributed by atoms with Crippen molar-refractivity contribution in [2.75, 3.05) is 37.6 Å². The highest BCUT2D eigenvalue weighted by molar-refractivity contribution is 5.99. The summed E-state index contributed by atoms with van der Waals surface area (Å²) in [4.78, 5) is 17.2. The van der Waals surface area contributed by atoms with E-state index in [2.05, 4.69) is 59.4 Å². The molecule has 0 bridgehead atoms. The number of carbonyl (C=O) groups is 1. The lowest BCUT2D eigenvalue weighted by Gasteiger charge is -2.39. The molecule has 5 heteroatoms. The average molecular weight is 514 g/mol. The van der Waals surface area contributed by atoms with Crippen LogP contribution in [0.25, 0.3) is 22.2 Å². The number of hydrogen-bond acceptors (Lipinski definition) is 3. The summed E-state index contributed by atoms with van der Waals surface area (Å²) in [6.45, 7) is 13.3. The van der Waals surface area contributed by atoms with E-state index < -0.39 is 5.97 Å². The third kappa shape index (κ3) is 4.75. The summed E-state index contributed by atoms with van der Waals surface area (Å²) in [5.74, 6) is -0.313. The zero-order valence-corrected chi connectivity index (χ0v) is 23.4. The van der Waals surface area contributed by atoms with Gasteiger partial charge >= 0.3 is 5.97 Å². The zero-order valence-electron chi connectivity index (χ0n) is 23.4. The number of rotatable bonds is 5. The van der Waals surface area contributed by atoms with Crippen molar-refractivity contribution in [3.63, 3.8) is 0 Å². The number of nitrogens with zero attached hydrogens (tertiary/aromatic N) is 3. The van der Waals surface area contributed by atoms with Crippen LogP contribution in [0.15, 0.2) is 36.4 Å². The van der Waals surface area contributed by atoms with E-state index in [1.165, 1.54) is 91.5 Å². The maximum atomic E-state index is 11.9. The van der Waals surface area contributed by atoms with E-state index in [9.17, 15) is 9.90 Å². The second-order valence-electron chi connectivity index (χ2n) is 12.8. The van der Waals surface area contributed by atoms with Crippen molar-refractivity contribution in [3.05, 3.63) is 53.1 Å². The zero-order chi connectivity index (χ0) is 26.4. The van der Waals surface area contributed by atoms with Crippen LogP contribution in [0.4, 0.5) is 5.69 Å². The van der Waals surface area contributed by atoms with Crippen LogP contribution in [0.1, 0.15) is 86.2 Å². The number of carboxylic acid groups (broad SMARTS) is 1. The molecule has 1 aromatic heterocycles. The highest BCUT2D eigenvalue weighted by Crippen LogP contribution is 2.47. The molecule has 5 nitrogen and oxygen atoms in total. The quantitative estimate of drug-likeness (QED) is 0.389. The van der Waals surface area contributed by atoms with Crippen LogP contribution >= 0.6 is 0 Å². The van der Waals surface area contributed by atoms with Gasteiger partial charge in [-0.2, -0.15) is 0 Å². The van der Waals surface area contributed by atoms with Crippen molar-refractivity contribution in [1.29, 1.82) is 0 Å². The van der Waals surface area contributed by atoms with Gasteiger partial charge in [0.2, 0.25) is 0 Å². The standard InChI is InChI=1S/C33H43N3O2/c1-23-10-12-27-28(20-23)35(17-16-34-15-7-14-33(2,3)22-34)18-19-36-29-21-25(32(37)38)11-13-26(29)30(31(27)36)24-8-5-4-6-9-24/h10-13,20-21,24H,4-9,14-19,22H2,1-3H3,(H,37,38). The number of piperidine rings is 1. The Morgan fingerprint density at radius 3 is 2.55 bits per heavy atom. The molecular weight excluding hydrogens is 470 g/mol. The molecule has 3 heterocycles. The van der Waals surface area contributed by atoms with E-state index in [1.807, 2.05) is 6.07 Å². The molecule has 0 atom stereocenters. The van der Waals surface area contributed by atoms with Gasteiger partial charge in [-0.05, 0) is 79.8 Å². The van der Waals surface area contributed by atoms with Crippen molar-refractivity contribution in [2.24, 2.45) is 5.41 Å². The van der Waals surface area contributed by atoms with E-state index in [4.69, 9.17) is 0 Å². The highest BCUT2D eigenvalue weighted by Gasteiger charge is 2.31. The van der Waals surface area contributed by atoms with Gasteiger partial charge in [-0.1, -0.05) is 51.3 Å². The molecule has 0 unspecified atom stereocenters. The Bertz CT molecular complexity index is 1350. The SMILES string of the molecule is Cc1ccc2c(c1)N(CCN1CCCC(C)(C)C1)CCn1c-2c(C2CCCCC2)c2ccc(C(=O)O)cc21. The molecule has 1 N–H and O–H groups in total. The Morgan fingerprint density at radius 2 is 1.79 bits per heavy atom. The molecule has 1 saturated heterocycles. The lowest BCUT2D eigenvalue weighted by molar-refractivity contribution is 0.0697. The smallest absolute Gasteiger partial charge is 0.335 e. The number of likely N-dealkylation sites (tertiary alicyclic amines) is 1. The monoisotopic (exact) mass is 513 g/mol. The molecule has 0 amide bonds.